The number of phenols is 2. The number of phenolic OH excluding ortho intramolecular Hbond substituents is 2. The van der Waals surface area contributed by atoms with Gasteiger partial charge in [0.25, 0.3) is 40.5 Å². The molecule has 0 bridgehead atoms. The molecule has 6 N–H and O–H groups in total. The lowest BCUT2D eigenvalue weighted by Gasteiger charge is -2.17. The van der Waals surface area contributed by atoms with E-state index in [1.165, 1.54) is 0 Å². The molecule has 0 spiro atoms. The number of hydrogen-bond donors (Lipinski definition) is 6. The van der Waals surface area contributed by atoms with Gasteiger partial charge in [0.1, 0.15) is 31.1 Å². The number of aromatic hydroxyl groups is 2. The zero-order chi connectivity index (χ0) is 23.4. The Morgan fingerprint density at radius 1 is 0.433 bits per heavy atom. The van der Waals surface area contributed by atoms with Crippen LogP contribution in [0.3, 0.4) is 0 Å². The molecule has 0 unspecified atom stereocenters. The van der Waals surface area contributed by atoms with E-state index < -0.39 is 82.7 Å². The summed E-state index contributed by atoms with van der Waals surface area (Å²) in [6.45, 7) is 0. The molecule has 2 aromatic rings. The Morgan fingerprint density at radius 3 is 0.733 bits per heavy atom. The Kier molecular flexibility index (Phi) is 5.69. The third-order valence-electron chi connectivity index (χ3n) is 3.46. The zero-order valence-electron chi connectivity index (χ0n) is 13.9. The molecule has 166 valence electrons. The van der Waals surface area contributed by atoms with E-state index in [0.29, 0.717) is 0 Å². The molecular weight excluding hydrogens is 496 g/mol. The van der Waals surface area contributed by atoms with E-state index in [2.05, 4.69) is 0 Å². The molecule has 2 aromatic carbocycles. The standard InChI is InChI=1S/C12H10O14S4/c13-5-1-7(27(15,16)17)11(8(2-5)28(18,19)20)12-9(29(21,22)23)3-6(14)4-10(12)30(24,25)26/h1-4,13-14H,(H,15,16,17)(H,18,19,20)(H,21,22,23)(H,24,25,26). The second-order valence-electron chi connectivity index (χ2n) is 5.53. The normalized spacial score (nSPS) is 13.3. The molecule has 0 aliphatic heterocycles. The van der Waals surface area contributed by atoms with Crippen molar-refractivity contribution in [1.82, 2.24) is 0 Å². The highest BCUT2D eigenvalue weighted by atomic mass is 32.2. The predicted molar refractivity (Wildman–Crippen MR) is 94.5 cm³/mol. The fourth-order valence-corrected chi connectivity index (χ4v) is 5.55. The third-order valence-corrected chi connectivity index (χ3v) is 6.97. The second-order valence-corrected chi connectivity index (χ2v) is 11.1. The van der Waals surface area contributed by atoms with Gasteiger partial charge in [-0.15, -0.1) is 0 Å². The van der Waals surface area contributed by atoms with Gasteiger partial charge in [0, 0.05) is 35.4 Å². The summed E-state index contributed by atoms with van der Waals surface area (Å²) in [5, 5.41) is 19.1. The topological polar surface area (TPSA) is 258 Å². The van der Waals surface area contributed by atoms with E-state index in [0.717, 1.165) is 0 Å². The van der Waals surface area contributed by atoms with Crippen molar-refractivity contribution in [2.75, 3.05) is 0 Å². The Balaban J connectivity index is 3.45. The molecule has 0 radical (unpaired) electrons. The SMILES string of the molecule is O=S(=O)(O)c1cc(O)cc(S(=O)(=O)O)c1-c1c(S(=O)(=O)O)cc(O)cc1S(=O)(=O)O. The van der Waals surface area contributed by atoms with Crippen LogP contribution < -0.4 is 0 Å². The van der Waals surface area contributed by atoms with Crippen LogP contribution in [0.5, 0.6) is 11.5 Å². The van der Waals surface area contributed by atoms with Crippen molar-refractivity contribution >= 4 is 40.5 Å². The van der Waals surface area contributed by atoms with Gasteiger partial charge in [-0.3, -0.25) is 18.2 Å². The molecule has 0 saturated carbocycles. The molecule has 0 aliphatic rings. The first kappa shape index (κ1) is 24.0. The lowest BCUT2D eigenvalue weighted by Crippen LogP contribution is -2.13. The molecule has 0 heterocycles. The Labute approximate surface area is 169 Å². The molecule has 18 heteroatoms. The average molecular weight is 506 g/mol. The highest BCUT2D eigenvalue weighted by Gasteiger charge is 2.35. The van der Waals surface area contributed by atoms with Crippen molar-refractivity contribution in [3.05, 3.63) is 24.3 Å². The summed E-state index contributed by atoms with van der Waals surface area (Å²) in [5.41, 5.74) is -3.11. The fourth-order valence-electron chi connectivity index (χ4n) is 2.46. The van der Waals surface area contributed by atoms with Crippen LogP contribution in [-0.2, 0) is 40.5 Å². The smallest absolute Gasteiger partial charge is 0.295 e. The summed E-state index contributed by atoms with van der Waals surface area (Å²) in [7, 11) is -22.3. The first-order valence-electron chi connectivity index (χ1n) is 6.89. The van der Waals surface area contributed by atoms with Crippen molar-refractivity contribution < 1.29 is 62.1 Å². The van der Waals surface area contributed by atoms with Crippen LogP contribution in [0.4, 0.5) is 0 Å². The third kappa shape index (κ3) is 4.70. The van der Waals surface area contributed by atoms with Crippen molar-refractivity contribution in [3.8, 4) is 22.6 Å². The van der Waals surface area contributed by atoms with Crippen LogP contribution >= 0.6 is 0 Å². The van der Waals surface area contributed by atoms with Gasteiger partial charge in [0.2, 0.25) is 0 Å². The minimum Gasteiger partial charge on any atom is -0.508 e. The lowest BCUT2D eigenvalue weighted by molar-refractivity contribution is 0.457. The van der Waals surface area contributed by atoms with Gasteiger partial charge in [0.05, 0.1) is 0 Å². The molecule has 0 aliphatic carbocycles. The molecule has 0 atom stereocenters. The van der Waals surface area contributed by atoms with E-state index in [1.54, 1.807) is 0 Å². The molecule has 14 nitrogen and oxygen atoms in total. The van der Waals surface area contributed by atoms with Crippen LogP contribution in [0.2, 0.25) is 0 Å². The van der Waals surface area contributed by atoms with Crippen molar-refractivity contribution in [3.63, 3.8) is 0 Å². The van der Waals surface area contributed by atoms with Crippen molar-refractivity contribution in [1.29, 1.82) is 0 Å². The summed E-state index contributed by atoms with van der Waals surface area (Å²) in [6.07, 6.45) is 0. The largest absolute Gasteiger partial charge is 0.508 e. The molecule has 0 amide bonds. The average Bonchev–Trinajstić information content (AvgIpc) is 2.50. The fraction of sp³-hybridized carbons (Fsp3) is 0. The summed E-state index contributed by atoms with van der Waals surface area (Å²) in [6, 6.07) is 0.642. The first-order valence-corrected chi connectivity index (χ1v) is 12.6. The highest BCUT2D eigenvalue weighted by Crippen LogP contribution is 2.44. The van der Waals surface area contributed by atoms with Crippen molar-refractivity contribution in [2.45, 2.75) is 19.6 Å². The van der Waals surface area contributed by atoms with Crippen LogP contribution in [0.15, 0.2) is 43.8 Å². The van der Waals surface area contributed by atoms with Gasteiger partial charge >= 0.3 is 0 Å². The maximum atomic E-state index is 11.7. The first-order chi connectivity index (χ1) is 13.2. The van der Waals surface area contributed by atoms with E-state index >= 15 is 0 Å². The van der Waals surface area contributed by atoms with Gasteiger partial charge in [-0.1, -0.05) is 0 Å². The van der Waals surface area contributed by atoms with Gasteiger partial charge < -0.3 is 10.2 Å². The van der Waals surface area contributed by atoms with Crippen LogP contribution in [-0.4, -0.2) is 62.1 Å². The lowest BCUT2D eigenvalue weighted by atomic mass is 10.0. The summed E-state index contributed by atoms with van der Waals surface area (Å²) in [4.78, 5) is -6.52. The monoisotopic (exact) mass is 506 g/mol. The van der Waals surface area contributed by atoms with Gasteiger partial charge in [-0.05, 0) is 0 Å². The Bertz CT molecular complexity index is 1260. The van der Waals surface area contributed by atoms with Gasteiger partial charge in [-0.25, -0.2) is 0 Å². The quantitative estimate of drug-likeness (QED) is 0.286. The molecule has 30 heavy (non-hydrogen) atoms. The summed E-state index contributed by atoms with van der Waals surface area (Å²) >= 11 is 0. The van der Waals surface area contributed by atoms with E-state index in [9.17, 15) is 62.1 Å². The summed E-state index contributed by atoms with van der Waals surface area (Å²) in [5.74, 6) is -2.39. The second kappa shape index (κ2) is 7.13. The van der Waals surface area contributed by atoms with E-state index in [4.69, 9.17) is 0 Å². The zero-order valence-corrected chi connectivity index (χ0v) is 17.2. The highest BCUT2D eigenvalue weighted by molar-refractivity contribution is 7.87. The number of rotatable bonds is 5. The molecule has 0 fully saturated rings. The van der Waals surface area contributed by atoms with E-state index in [1.807, 2.05) is 0 Å². The maximum Gasteiger partial charge on any atom is 0.295 e. The van der Waals surface area contributed by atoms with Gasteiger partial charge in [0.15, 0.2) is 0 Å². The van der Waals surface area contributed by atoms with Crippen LogP contribution in [0.25, 0.3) is 11.1 Å². The number of benzene rings is 2. The number of hydrogen-bond acceptors (Lipinski definition) is 10. The minimum atomic E-state index is -5.57. The minimum absolute atomic E-state index is 0.160. The van der Waals surface area contributed by atoms with Crippen LogP contribution in [0, 0.1) is 0 Å². The summed E-state index contributed by atoms with van der Waals surface area (Å²) < 4.78 is 132. The van der Waals surface area contributed by atoms with Crippen molar-refractivity contribution in [2.24, 2.45) is 0 Å². The molecule has 0 saturated heterocycles. The predicted octanol–water partition coefficient (Wildman–Crippen LogP) is -0.248. The Morgan fingerprint density at radius 2 is 0.600 bits per heavy atom. The van der Waals surface area contributed by atoms with Gasteiger partial charge in [-0.2, -0.15) is 33.7 Å². The molecule has 0 aromatic heterocycles. The molecule has 2 rings (SSSR count). The van der Waals surface area contributed by atoms with E-state index in [-0.39, 0.29) is 24.3 Å². The maximum absolute atomic E-state index is 11.7. The van der Waals surface area contributed by atoms with Crippen LogP contribution in [0.1, 0.15) is 0 Å². The Hall–Kier alpha value is -2.32. The molecular formula is C12H10O14S4.